The standard InChI is InChI=1S/C11H23NOS.C9H16O4.C2H6O2/c1-6-14-11(13)12(7-9(2)3)8-10(4)5;1-4-8(10)12-6-7(3)13-9(11)5-2;3-1-2-4/h9-10H,6-8H2,1-5H3;7H,4-6H2,1-3H3;3-4H,1-2H2. The number of esters is 2. The molecule has 0 fully saturated rings. The molecule has 1 atom stereocenters. The molecule has 0 bridgehead atoms. The van der Waals surface area contributed by atoms with Crippen LogP contribution < -0.4 is 0 Å². The predicted octanol–water partition coefficient (Wildman–Crippen LogP) is 3.73. The lowest BCUT2D eigenvalue weighted by Crippen LogP contribution is -2.34. The molecule has 1 unspecified atom stereocenters. The molecule has 0 aliphatic heterocycles. The Balaban J connectivity index is -0.000000432. The van der Waals surface area contributed by atoms with Crippen molar-refractivity contribution in [1.82, 2.24) is 4.90 Å². The van der Waals surface area contributed by atoms with Crippen LogP contribution in [0.1, 0.15) is 68.2 Å². The second-order valence-electron chi connectivity index (χ2n) is 7.53. The van der Waals surface area contributed by atoms with Crippen LogP contribution in [0.5, 0.6) is 0 Å². The Hall–Kier alpha value is -1.32. The lowest BCUT2D eigenvalue weighted by Gasteiger charge is -2.25. The van der Waals surface area contributed by atoms with Gasteiger partial charge in [-0.2, -0.15) is 0 Å². The van der Waals surface area contributed by atoms with E-state index in [0.717, 1.165) is 18.8 Å². The summed E-state index contributed by atoms with van der Waals surface area (Å²) >= 11 is 1.41. The number of carbonyl (C=O) groups excluding carboxylic acids is 3. The summed E-state index contributed by atoms with van der Waals surface area (Å²) in [6.45, 7) is 17.4. The lowest BCUT2D eigenvalue weighted by molar-refractivity contribution is -0.157. The largest absolute Gasteiger partial charge is 0.462 e. The summed E-state index contributed by atoms with van der Waals surface area (Å²) in [6, 6.07) is 0. The fourth-order valence-corrected chi connectivity index (χ4v) is 2.55. The topological polar surface area (TPSA) is 113 Å². The van der Waals surface area contributed by atoms with Gasteiger partial charge in [-0.25, -0.2) is 0 Å². The van der Waals surface area contributed by atoms with Gasteiger partial charge in [-0.05, 0) is 24.5 Å². The Bertz CT molecular complexity index is 447. The first-order valence-corrected chi connectivity index (χ1v) is 12.0. The van der Waals surface area contributed by atoms with Gasteiger partial charge < -0.3 is 24.6 Å². The fraction of sp³-hybridized carbons (Fsp3) is 0.864. The SMILES string of the molecule is CCC(=O)OCC(C)OC(=O)CC.CCSC(=O)N(CC(C)C)CC(C)C.OCCO. The molecular weight excluding hydrogens is 422 g/mol. The van der Waals surface area contributed by atoms with E-state index < -0.39 is 0 Å². The number of hydrogen-bond acceptors (Lipinski definition) is 8. The van der Waals surface area contributed by atoms with Crippen LogP contribution in [0.3, 0.4) is 0 Å². The molecule has 0 radical (unpaired) electrons. The van der Waals surface area contributed by atoms with Crippen molar-refractivity contribution < 1.29 is 34.1 Å². The number of thioether (sulfide) groups is 1. The first-order chi connectivity index (χ1) is 14.5. The molecule has 0 aromatic rings. The van der Waals surface area contributed by atoms with Gasteiger partial charge in [0.05, 0.1) is 13.2 Å². The first kappa shape index (κ1) is 34.3. The zero-order valence-electron chi connectivity index (χ0n) is 20.7. The number of hydrogen-bond donors (Lipinski definition) is 2. The summed E-state index contributed by atoms with van der Waals surface area (Å²) in [6.07, 6.45) is 0.323. The Morgan fingerprint density at radius 1 is 0.839 bits per heavy atom. The van der Waals surface area contributed by atoms with Gasteiger partial charge in [0.2, 0.25) is 0 Å². The molecule has 0 heterocycles. The van der Waals surface area contributed by atoms with Crippen LogP contribution in [0.2, 0.25) is 0 Å². The van der Waals surface area contributed by atoms with Crippen LogP contribution in [0.25, 0.3) is 0 Å². The van der Waals surface area contributed by atoms with Gasteiger partial charge in [0.1, 0.15) is 12.7 Å². The van der Waals surface area contributed by atoms with E-state index in [-0.39, 0.29) is 43.1 Å². The lowest BCUT2D eigenvalue weighted by atomic mass is 10.1. The van der Waals surface area contributed by atoms with Crippen molar-refractivity contribution in [1.29, 1.82) is 0 Å². The fourth-order valence-electron chi connectivity index (χ4n) is 1.97. The van der Waals surface area contributed by atoms with Crippen LogP contribution in [0.15, 0.2) is 0 Å². The van der Waals surface area contributed by atoms with Gasteiger partial charge in [0, 0.05) is 25.9 Å². The van der Waals surface area contributed by atoms with Gasteiger partial charge >= 0.3 is 11.9 Å². The van der Waals surface area contributed by atoms with Gasteiger partial charge in [0.15, 0.2) is 0 Å². The molecule has 0 aromatic carbocycles. The molecule has 0 aliphatic carbocycles. The Morgan fingerprint density at radius 3 is 1.61 bits per heavy atom. The Morgan fingerprint density at radius 2 is 1.29 bits per heavy atom. The number of aliphatic hydroxyl groups excluding tert-OH is 2. The first-order valence-electron chi connectivity index (χ1n) is 11.0. The van der Waals surface area contributed by atoms with E-state index >= 15 is 0 Å². The van der Waals surface area contributed by atoms with Gasteiger partial charge in [-0.15, -0.1) is 0 Å². The third-order valence-corrected chi connectivity index (χ3v) is 3.98. The van der Waals surface area contributed by atoms with Crippen molar-refractivity contribution >= 4 is 28.9 Å². The second-order valence-corrected chi connectivity index (χ2v) is 8.74. The maximum Gasteiger partial charge on any atom is 0.305 e. The van der Waals surface area contributed by atoms with Crippen molar-refractivity contribution in [3.63, 3.8) is 0 Å². The van der Waals surface area contributed by atoms with E-state index in [0.29, 0.717) is 24.7 Å². The number of nitrogens with zero attached hydrogens (tertiary/aromatic N) is 1. The summed E-state index contributed by atoms with van der Waals surface area (Å²) in [7, 11) is 0. The molecule has 2 N–H and O–H groups in total. The van der Waals surface area contributed by atoms with E-state index in [1.165, 1.54) is 11.8 Å². The molecule has 0 saturated heterocycles. The average Bonchev–Trinajstić information content (AvgIpc) is 2.71. The highest BCUT2D eigenvalue weighted by Crippen LogP contribution is 2.12. The molecular formula is C22H45NO7S. The summed E-state index contributed by atoms with van der Waals surface area (Å²) in [5, 5.41) is 15.5. The maximum absolute atomic E-state index is 11.7. The molecule has 0 spiro atoms. The minimum Gasteiger partial charge on any atom is -0.462 e. The van der Waals surface area contributed by atoms with E-state index in [2.05, 4.69) is 27.7 Å². The normalized spacial score (nSPS) is 11.0. The van der Waals surface area contributed by atoms with Crippen molar-refractivity contribution in [3.05, 3.63) is 0 Å². The van der Waals surface area contributed by atoms with Crippen LogP contribution in [-0.4, -0.2) is 77.1 Å². The molecule has 0 aromatic heterocycles. The Labute approximate surface area is 193 Å². The van der Waals surface area contributed by atoms with Crippen LogP contribution in [0.4, 0.5) is 4.79 Å². The molecule has 0 aliphatic rings. The highest BCUT2D eigenvalue weighted by atomic mass is 32.2. The monoisotopic (exact) mass is 467 g/mol. The zero-order chi connectivity index (χ0) is 24.8. The van der Waals surface area contributed by atoms with Crippen molar-refractivity contribution in [3.8, 4) is 0 Å². The number of amides is 1. The summed E-state index contributed by atoms with van der Waals surface area (Å²) in [5.41, 5.74) is 0. The van der Waals surface area contributed by atoms with Crippen molar-refractivity contribution in [2.75, 3.05) is 38.7 Å². The summed E-state index contributed by atoms with van der Waals surface area (Å²) in [5.74, 6) is 1.41. The summed E-state index contributed by atoms with van der Waals surface area (Å²) < 4.78 is 9.66. The molecule has 0 saturated carbocycles. The van der Waals surface area contributed by atoms with E-state index in [1.807, 2.05) is 11.8 Å². The third kappa shape index (κ3) is 26.6. The van der Waals surface area contributed by atoms with Crippen LogP contribution in [0, 0.1) is 11.8 Å². The zero-order valence-corrected chi connectivity index (χ0v) is 21.5. The molecule has 31 heavy (non-hydrogen) atoms. The van der Waals surface area contributed by atoms with Gasteiger partial charge in [0.25, 0.3) is 5.24 Å². The quantitative estimate of drug-likeness (QED) is 0.442. The number of carbonyl (C=O) groups is 3. The molecule has 8 nitrogen and oxygen atoms in total. The van der Waals surface area contributed by atoms with Crippen LogP contribution in [-0.2, 0) is 19.1 Å². The third-order valence-electron chi connectivity index (χ3n) is 3.19. The maximum atomic E-state index is 11.7. The smallest absolute Gasteiger partial charge is 0.305 e. The van der Waals surface area contributed by atoms with Gasteiger partial charge in [-0.3, -0.25) is 14.4 Å². The molecule has 0 rings (SSSR count). The minimum absolute atomic E-state index is 0.125. The van der Waals surface area contributed by atoms with Crippen molar-refractivity contribution in [2.45, 2.75) is 74.3 Å². The highest BCUT2D eigenvalue weighted by molar-refractivity contribution is 8.13. The van der Waals surface area contributed by atoms with Gasteiger partial charge in [-0.1, -0.05) is 60.2 Å². The van der Waals surface area contributed by atoms with E-state index in [4.69, 9.17) is 19.7 Å². The summed E-state index contributed by atoms with van der Waals surface area (Å²) in [4.78, 5) is 35.2. The molecule has 9 heteroatoms. The molecule has 1 amide bonds. The predicted molar refractivity (Wildman–Crippen MR) is 126 cm³/mol. The second kappa shape index (κ2) is 23.3. The number of rotatable bonds is 11. The number of ether oxygens (including phenoxy) is 2. The van der Waals surface area contributed by atoms with Crippen LogP contribution >= 0.6 is 11.8 Å². The Kier molecular flexibility index (Phi) is 25.8. The van der Waals surface area contributed by atoms with E-state index in [1.54, 1.807) is 20.8 Å². The highest BCUT2D eigenvalue weighted by Gasteiger charge is 2.15. The van der Waals surface area contributed by atoms with Crippen molar-refractivity contribution in [2.24, 2.45) is 11.8 Å². The van der Waals surface area contributed by atoms with E-state index in [9.17, 15) is 14.4 Å². The minimum atomic E-state index is -0.358. The molecule has 186 valence electrons. The number of aliphatic hydroxyl groups is 2. The average molecular weight is 468 g/mol.